The summed E-state index contributed by atoms with van der Waals surface area (Å²) >= 11 is 6.12. The third-order valence-corrected chi connectivity index (χ3v) is 15.2. The molecule has 6 rings (SSSR count). The molecule has 1 aromatic rings. The van der Waals surface area contributed by atoms with Gasteiger partial charge in [-0.2, -0.15) is 0 Å². The van der Waals surface area contributed by atoms with E-state index in [4.69, 9.17) is 16.3 Å². The van der Waals surface area contributed by atoms with E-state index in [9.17, 15) is 14.7 Å². The maximum Gasteiger partial charge on any atom is 0.309 e. The molecule has 5 aliphatic carbocycles. The summed E-state index contributed by atoms with van der Waals surface area (Å²) in [6.45, 7) is 17.6. The van der Waals surface area contributed by atoms with E-state index in [0.29, 0.717) is 34.5 Å². The number of carboxylic acid groups (broad SMARTS) is 1. The van der Waals surface area contributed by atoms with Gasteiger partial charge < -0.3 is 15.2 Å². The van der Waals surface area contributed by atoms with Gasteiger partial charge in [0, 0.05) is 11.6 Å². The van der Waals surface area contributed by atoms with Crippen LogP contribution in [0, 0.1) is 57.2 Å². The first-order valence-corrected chi connectivity index (χ1v) is 19.6. The summed E-state index contributed by atoms with van der Waals surface area (Å²) in [7, 11) is 0. The molecule has 48 heavy (non-hydrogen) atoms. The summed E-state index contributed by atoms with van der Waals surface area (Å²) in [6, 6.07) is 8.24. The highest BCUT2D eigenvalue weighted by Crippen LogP contribution is 2.72. The molecule has 1 aromatic carbocycles. The van der Waals surface area contributed by atoms with Crippen molar-refractivity contribution in [2.24, 2.45) is 57.2 Å². The lowest BCUT2D eigenvalue weighted by Crippen LogP contribution is -2.60. The van der Waals surface area contributed by atoms with Crippen molar-refractivity contribution in [1.29, 1.82) is 0 Å². The number of halogens is 1. The summed E-state index contributed by atoms with van der Waals surface area (Å²) < 4.78 is 6.07. The molecule has 0 heterocycles. The van der Waals surface area contributed by atoms with E-state index in [0.717, 1.165) is 42.8 Å². The molecule has 0 spiro atoms. The summed E-state index contributed by atoms with van der Waals surface area (Å²) in [5.41, 5.74) is 4.86. The van der Waals surface area contributed by atoms with Gasteiger partial charge in [0.2, 0.25) is 0 Å². The third kappa shape index (κ3) is 6.31. The minimum Gasteiger partial charge on any atom is -0.481 e. The molecule has 9 atom stereocenters. The highest BCUT2D eigenvalue weighted by Gasteiger charge is 2.64. The summed E-state index contributed by atoms with van der Waals surface area (Å²) in [4.78, 5) is 24.5. The zero-order valence-corrected chi connectivity index (χ0v) is 31.6. The molecular formula is C42H62ClNO4. The van der Waals surface area contributed by atoms with E-state index in [2.05, 4.69) is 52.1 Å². The molecule has 0 radical (unpaired) electrons. The van der Waals surface area contributed by atoms with E-state index < -0.39 is 11.4 Å². The number of allylic oxidation sites excluding steroid dienone is 2. The number of ether oxygens (including phenoxy) is 1. The van der Waals surface area contributed by atoms with Crippen LogP contribution in [0.25, 0.3) is 0 Å². The van der Waals surface area contributed by atoms with Crippen LogP contribution in [0.4, 0.5) is 0 Å². The molecular weight excluding hydrogens is 618 g/mol. The van der Waals surface area contributed by atoms with Crippen LogP contribution in [0.15, 0.2) is 35.4 Å². The van der Waals surface area contributed by atoms with Crippen LogP contribution in [0.3, 0.4) is 0 Å². The zero-order chi connectivity index (χ0) is 34.6. The summed E-state index contributed by atoms with van der Waals surface area (Å²) in [6.07, 6.45) is 13.5. The topological polar surface area (TPSA) is 75.6 Å². The van der Waals surface area contributed by atoms with Gasteiger partial charge in [0.25, 0.3) is 0 Å². The van der Waals surface area contributed by atoms with Crippen molar-refractivity contribution in [3.8, 4) is 0 Å². The molecule has 0 saturated heterocycles. The molecule has 0 aliphatic heterocycles. The fourth-order valence-corrected chi connectivity index (χ4v) is 12.6. The number of nitrogens with one attached hydrogen (secondary N) is 1. The Morgan fingerprint density at radius 3 is 2.33 bits per heavy atom. The van der Waals surface area contributed by atoms with E-state index in [-0.39, 0.29) is 23.9 Å². The largest absolute Gasteiger partial charge is 0.481 e. The predicted molar refractivity (Wildman–Crippen MR) is 193 cm³/mol. The average Bonchev–Trinajstić information content (AvgIpc) is 3.42. The van der Waals surface area contributed by atoms with E-state index in [1.165, 1.54) is 63.4 Å². The SMILES string of the molecule is CC(C)C1=C2C3CCC4C(C)(CCC5C(C)C(OC(=O)CC(C)(C)C(=O)O)CCC54C)C3CCC2(CCNCc2ccc(Cl)cc2)CC1. The number of benzene rings is 1. The average molecular weight is 680 g/mol. The smallest absolute Gasteiger partial charge is 0.309 e. The number of carboxylic acids is 1. The Labute approximate surface area is 295 Å². The fraction of sp³-hybridized carbons (Fsp3) is 0.762. The lowest BCUT2D eigenvalue weighted by molar-refractivity contribution is -0.192. The summed E-state index contributed by atoms with van der Waals surface area (Å²) in [5.74, 6) is 2.34. The molecule has 0 amide bonds. The molecule has 4 saturated carbocycles. The molecule has 5 aliphatic rings. The van der Waals surface area contributed by atoms with Crippen LogP contribution in [0.1, 0.15) is 131 Å². The third-order valence-electron chi connectivity index (χ3n) is 15.0. The summed E-state index contributed by atoms with van der Waals surface area (Å²) in [5, 5.41) is 14.1. The second-order valence-electron chi connectivity index (χ2n) is 18.3. The van der Waals surface area contributed by atoms with Crippen LogP contribution in [-0.2, 0) is 20.9 Å². The van der Waals surface area contributed by atoms with Crippen molar-refractivity contribution in [1.82, 2.24) is 5.32 Å². The lowest BCUT2D eigenvalue weighted by Gasteiger charge is -2.67. The van der Waals surface area contributed by atoms with Gasteiger partial charge >= 0.3 is 11.9 Å². The first-order valence-electron chi connectivity index (χ1n) is 19.2. The van der Waals surface area contributed by atoms with Gasteiger partial charge in [-0.1, -0.05) is 69.5 Å². The normalized spacial score (nSPS) is 37.8. The Balaban J connectivity index is 1.16. The van der Waals surface area contributed by atoms with Gasteiger partial charge in [-0.25, -0.2) is 0 Å². The molecule has 266 valence electrons. The molecule has 5 nitrogen and oxygen atoms in total. The predicted octanol–water partition coefficient (Wildman–Crippen LogP) is 10.3. The maximum atomic E-state index is 12.9. The van der Waals surface area contributed by atoms with Crippen molar-refractivity contribution in [3.63, 3.8) is 0 Å². The number of rotatable bonds is 10. The minimum absolute atomic E-state index is 0.0780. The zero-order valence-electron chi connectivity index (χ0n) is 30.8. The second kappa shape index (κ2) is 13.4. The van der Waals surface area contributed by atoms with Gasteiger partial charge in [0.15, 0.2) is 0 Å². The maximum absolute atomic E-state index is 12.9. The molecule has 0 aromatic heterocycles. The van der Waals surface area contributed by atoms with E-state index >= 15 is 0 Å². The Kier molecular flexibility index (Phi) is 10.0. The van der Waals surface area contributed by atoms with Gasteiger partial charge in [-0.3, -0.25) is 9.59 Å². The number of hydrogen-bond donors (Lipinski definition) is 2. The molecule has 6 heteroatoms. The Hall–Kier alpha value is -1.85. The van der Waals surface area contributed by atoms with Crippen LogP contribution < -0.4 is 5.32 Å². The number of aliphatic carboxylic acids is 1. The van der Waals surface area contributed by atoms with Gasteiger partial charge in [0.05, 0.1) is 11.8 Å². The van der Waals surface area contributed by atoms with Crippen molar-refractivity contribution >= 4 is 23.5 Å². The number of esters is 1. The van der Waals surface area contributed by atoms with Crippen LogP contribution in [-0.4, -0.2) is 29.7 Å². The Bertz CT molecular complexity index is 1400. The van der Waals surface area contributed by atoms with Gasteiger partial charge in [-0.15, -0.1) is 0 Å². The highest BCUT2D eigenvalue weighted by molar-refractivity contribution is 6.30. The van der Waals surface area contributed by atoms with Crippen molar-refractivity contribution < 1.29 is 19.4 Å². The molecule has 9 unspecified atom stereocenters. The van der Waals surface area contributed by atoms with Gasteiger partial charge in [-0.05, 0) is 160 Å². The number of carbonyl (C=O) groups is 2. The Morgan fingerprint density at radius 1 is 0.979 bits per heavy atom. The molecule has 4 fully saturated rings. The number of fused-ring (bicyclic) bond motifs is 7. The van der Waals surface area contributed by atoms with Crippen molar-refractivity contribution in [3.05, 3.63) is 46.0 Å². The molecule has 0 bridgehead atoms. The van der Waals surface area contributed by atoms with Crippen LogP contribution in [0.2, 0.25) is 5.02 Å². The quantitative estimate of drug-likeness (QED) is 0.146. The van der Waals surface area contributed by atoms with Gasteiger partial charge in [0.1, 0.15) is 6.10 Å². The standard InChI is InChI=1S/C42H62ClNO4/c1-26(2)30-14-20-42(22-23-44-25-28-8-10-29(43)11-9-28)21-16-33-31(37(30)42)12-13-35-40(6)19-17-34(27(3)32(40)15-18-41(33,35)7)48-36(45)24-39(4,5)38(46)47/h8-11,26-27,31-35,44H,12-25H2,1-7H3,(H,46,47). The van der Waals surface area contributed by atoms with Crippen molar-refractivity contribution in [2.75, 3.05) is 6.54 Å². The monoisotopic (exact) mass is 679 g/mol. The first-order chi connectivity index (χ1) is 22.6. The number of carbonyl (C=O) groups excluding carboxylic acids is 1. The van der Waals surface area contributed by atoms with E-state index in [1.54, 1.807) is 19.4 Å². The highest BCUT2D eigenvalue weighted by atomic mass is 35.5. The number of hydrogen-bond acceptors (Lipinski definition) is 4. The van der Waals surface area contributed by atoms with E-state index in [1.807, 2.05) is 17.7 Å². The van der Waals surface area contributed by atoms with Crippen LogP contribution in [0.5, 0.6) is 0 Å². The van der Waals surface area contributed by atoms with Crippen molar-refractivity contribution in [2.45, 2.75) is 138 Å². The minimum atomic E-state index is -1.11. The first kappa shape index (κ1) is 36.0. The Morgan fingerprint density at radius 2 is 1.65 bits per heavy atom. The second-order valence-corrected chi connectivity index (χ2v) is 18.7. The van der Waals surface area contributed by atoms with Crippen LogP contribution >= 0.6 is 11.6 Å². The fourth-order valence-electron chi connectivity index (χ4n) is 12.4. The molecule has 2 N–H and O–H groups in total. The lowest BCUT2D eigenvalue weighted by atomic mass is 9.38.